The highest BCUT2D eigenvalue weighted by molar-refractivity contribution is 6.30. The molecule has 1 amide bonds. The Bertz CT molecular complexity index is 554. The molecule has 4 nitrogen and oxygen atoms in total. The molecule has 0 aliphatic carbocycles. The molecule has 1 aromatic heterocycles. The number of nitrogens with zero attached hydrogens (tertiary/aromatic N) is 2. The average molecular weight is 262 g/mol. The minimum atomic E-state index is -0.213. The van der Waals surface area contributed by atoms with Gasteiger partial charge in [-0.05, 0) is 30.7 Å². The van der Waals surface area contributed by atoms with Crippen molar-refractivity contribution in [3.05, 3.63) is 58.6 Å². The molecule has 92 valence electrons. The van der Waals surface area contributed by atoms with Gasteiger partial charge in [-0.3, -0.25) is 4.79 Å². The molecular weight excluding hydrogens is 250 g/mol. The molecule has 5 heteroatoms. The Kier molecular flexibility index (Phi) is 3.89. The first-order chi connectivity index (χ1) is 8.65. The number of nitrogens with one attached hydrogen (secondary N) is 1. The fourth-order valence-electron chi connectivity index (χ4n) is 1.46. The second-order valence-corrected chi connectivity index (χ2v) is 4.23. The van der Waals surface area contributed by atoms with E-state index in [0.29, 0.717) is 23.1 Å². The van der Waals surface area contributed by atoms with Crippen molar-refractivity contribution in [2.45, 2.75) is 13.5 Å². The van der Waals surface area contributed by atoms with Gasteiger partial charge >= 0.3 is 0 Å². The Labute approximate surface area is 110 Å². The van der Waals surface area contributed by atoms with Crippen molar-refractivity contribution in [2.24, 2.45) is 0 Å². The van der Waals surface area contributed by atoms with Gasteiger partial charge in [-0.15, -0.1) is 0 Å². The summed E-state index contributed by atoms with van der Waals surface area (Å²) in [5.41, 5.74) is 1.36. The first-order valence-electron chi connectivity index (χ1n) is 5.47. The smallest absolute Gasteiger partial charge is 0.270 e. The zero-order valence-electron chi connectivity index (χ0n) is 9.85. The molecule has 2 rings (SSSR count). The number of carbonyl (C=O) groups is 1. The van der Waals surface area contributed by atoms with Crippen molar-refractivity contribution in [1.82, 2.24) is 15.3 Å². The summed E-state index contributed by atoms with van der Waals surface area (Å²) in [4.78, 5) is 19.8. The Morgan fingerprint density at radius 1 is 1.28 bits per heavy atom. The van der Waals surface area contributed by atoms with Crippen molar-refractivity contribution in [3.63, 3.8) is 0 Å². The van der Waals surface area contributed by atoms with E-state index in [0.717, 1.165) is 5.56 Å². The standard InChI is InChI=1S/C13H12ClN3O/c1-9-15-7-6-12(17-9)13(18)16-8-10-2-4-11(14)5-3-10/h2-7H,8H2,1H3,(H,16,18). The van der Waals surface area contributed by atoms with Crippen LogP contribution in [0.2, 0.25) is 5.02 Å². The molecule has 18 heavy (non-hydrogen) atoms. The van der Waals surface area contributed by atoms with Gasteiger partial charge in [0, 0.05) is 17.8 Å². The van der Waals surface area contributed by atoms with E-state index in [2.05, 4.69) is 15.3 Å². The van der Waals surface area contributed by atoms with Gasteiger partial charge in [-0.1, -0.05) is 23.7 Å². The molecule has 0 atom stereocenters. The lowest BCUT2D eigenvalue weighted by molar-refractivity contribution is 0.0945. The van der Waals surface area contributed by atoms with Gasteiger partial charge in [-0.25, -0.2) is 9.97 Å². The Hall–Kier alpha value is -1.94. The van der Waals surface area contributed by atoms with Crippen LogP contribution in [-0.2, 0) is 6.54 Å². The Morgan fingerprint density at radius 3 is 2.67 bits per heavy atom. The lowest BCUT2D eigenvalue weighted by Gasteiger charge is -2.05. The monoisotopic (exact) mass is 261 g/mol. The number of hydrogen-bond acceptors (Lipinski definition) is 3. The van der Waals surface area contributed by atoms with E-state index in [1.54, 1.807) is 31.3 Å². The summed E-state index contributed by atoms with van der Waals surface area (Å²) in [6.07, 6.45) is 1.57. The van der Waals surface area contributed by atoms with Crippen LogP contribution in [-0.4, -0.2) is 15.9 Å². The van der Waals surface area contributed by atoms with E-state index >= 15 is 0 Å². The highest BCUT2D eigenvalue weighted by Crippen LogP contribution is 2.09. The van der Waals surface area contributed by atoms with Crippen LogP contribution in [0.4, 0.5) is 0 Å². The molecule has 0 aliphatic rings. The van der Waals surface area contributed by atoms with Crippen LogP contribution in [0.1, 0.15) is 21.9 Å². The van der Waals surface area contributed by atoms with Gasteiger partial charge < -0.3 is 5.32 Å². The molecule has 0 bridgehead atoms. The minimum absolute atomic E-state index is 0.213. The predicted octanol–water partition coefficient (Wildman–Crippen LogP) is 2.37. The number of amides is 1. The lowest BCUT2D eigenvalue weighted by atomic mass is 10.2. The molecule has 0 spiro atoms. The number of aromatic nitrogens is 2. The molecule has 2 aromatic rings. The second-order valence-electron chi connectivity index (χ2n) is 3.80. The van der Waals surface area contributed by atoms with Crippen LogP contribution < -0.4 is 5.32 Å². The molecular formula is C13H12ClN3O. The summed E-state index contributed by atoms with van der Waals surface area (Å²) in [6.45, 7) is 2.19. The third-order valence-electron chi connectivity index (χ3n) is 2.37. The van der Waals surface area contributed by atoms with Gasteiger partial charge in [0.25, 0.3) is 5.91 Å². The molecule has 0 fully saturated rings. The number of aryl methyl sites for hydroxylation is 1. The number of rotatable bonds is 3. The van der Waals surface area contributed by atoms with E-state index < -0.39 is 0 Å². The maximum Gasteiger partial charge on any atom is 0.270 e. The van der Waals surface area contributed by atoms with Crippen molar-refractivity contribution >= 4 is 17.5 Å². The summed E-state index contributed by atoms with van der Waals surface area (Å²) >= 11 is 5.78. The SMILES string of the molecule is Cc1nccc(C(=O)NCc2ccc(Cl)cc2)n1. The molecule has 0 saturated heterocycles. The largest absolute Gasteiger partial charge is 0.347 e. The number of hydrogen-bond donors (Lipinski definition) is 1. The second kappa shape index (κ2) is 5.60. The molecule has 0 unspecified atom stereocenters. The first-order valence-corrected chi connectivity index (χ1v) is 5.85. The van der Waals surface area contributed by atoms with E-state index in [4.69, 9.17) is 11.6 Å². The summed E-state index contributed by atoms with van der Waals surface area (Å²) in [5, 5.41) is 3.47. The number of carbonyl (C=O) groups excluding carboxylic acids is 1. The zero-order chi connectivity index (χ0) is 13.0. The topological polar surface area (TPSA) is 54.9 Å². The quantitative estimate of drug-likeness (QED) is 0.923. The van der Waals surface area contributed by atoms with Crippen LogP contribution in [0.3, 0.4) is 0 Å². The molecule has 1 heterocycles. The zero-order valence-corrected chi connectivity index (χ0v) is 10.6. The van der Waals surface area contributed by atoms with E-state index in [-0.39, 0.29) is 5.91 Å². The fourth-order valence-corrected chi connectivity index (χ4v) is 1.58. The van der Waals surface area contributed by atoms with Crippen LogP contribution in [0.5, 0.6) is 0 Å². The highest BCUT2D eigenvalue weighted by Gasteiger charge is 2.06. The third kappa shape index (κ3) is 3.28. The molecule has 1 N–H and O–H groups in total. The Balaban J connectivity index is 1.98. The van der Waals surface area contributed by atoms with Crippen LogP contribution in [0, 0.1) is 6.92 Å². The maximum absolute atomic E-state index is 11.8. The van der Waals surface area contributed by atoms with Crippen molar-refractivity contribution in [2.75, 3.05) is 0 Å². The summed E-state index contributed by atoms with van der Waals surface area (Å²) in [5.74, 6) is 0.365. The summed E-state index contributed by atoms with van der Waals surface area (Å²) in [6, 6.07) is 8.90. The van der Waals surface area contributed by atoms with Gasteiger partial charge in [0.1, 0.15) is 11.5 Å². The number of halogens is 1. The molecule has 0 radical (unpaired) electrons. The fraction of sp³-hybridized carbons (Fsp3) is 0.154. The van der Waals surface area contributed by atoms with Crippen molar-refractivity contribution in [3.8, 4) is 0 Å². The minimum Gasteiger partial charge on any atom is -0.347 e. The highest BCUT2D eigenvalue weighted by atomic mass is 35.5. The lowest BCUT2D eigenvalue weighted by Crippen LogP contribution is -2.24. The van der Waals surface area contributed by atoms with Crippen molar-refractivity contribution < 1.29 is 4.79 Å². The van der Waals surface area contributed by atoms with E-state index in [1.807, 2.05) is 12.1 Å². The number of benzene rings is 1. The van der Waals surface area contributed by atoms with E-state index in [1.165, 1.54) is 0 Å². The van der Waals surface area contributed by atoms with Crippen molar-refractivity contribution in [1.29, 1.82) is 0 Å². The molecule has 1 aromatic carbocycles. The summed E-state index contributed by atoms with van der Waals surface area (Å²) < 4.78 is 0. The van der Waals surface area contributed by atoms with Gasteiger partial charge in [0.2, 0.25) is 0 Å². The summed E-state index contributed by atoms with van der Waals surface area (Å²) in [7, 11) is 0. The van der Waals surface area contributed by atoms with Crippen LogP contribution in [0.15, 0.2) is 36.5 Å². The Morgan fingerprint density at radius 2 is 2.00 bits per heavy atom. The molecule has 0 aliphatic heterocycles. The normalized spacial score (nSPS) is 10.1. The molecule has 0 saturated carbocycles. The van der Waals surface area contributed by atoms with E-state index in [9.17, 15) is 4.79 Å². The van der Waals surface area contributed by atoms with Gasteiger partial charge in [0.15, 0.2) is 0 Å². The van der Waals surface area contributed by atoms with Gasteiger partial charge in [0.05, 0.1) is 0 Å². The van der Waals surface area contributed by atoms with Crippen LogP contribution in [0.25, 0.3) is 0 Å². The van der Waals surface area contributed by atoms with Gasteiger partial charge in [-0.2, -0.15) is 0 Å². The third-order valence-corrected chi connectivity index (χ3v) is 2.63. The van der Waals surface area contributed by atoms with Crippen LogP contribution >= 0.6 is 11.6 Å². The maximum atomic E-state index is 11.8. The predicted molar refractivity (Wildman–Crippen MR) is 69.4 cm³/mol. The first kappa shape index (κ1) is 12.5. The average Bonchev–Trinajstić information content (AvgIpc) is 2.38.